The molecule has 25 heavy (non-hydrogen) atoms. The molecule has 1 amide bonds. The van der Waals surface area contributed by atoms with Gasteiger partial charge in [0.2, 0.25) is 0 Å². The van der Waals surface area contributed by atoms with E-state index in [1.165, 1.54) is 24.0 Å². The zero-order chi connectivity index (χ0) is 18.0. The van der Waals surface area contributed by atoms with E-state index in [0.29, 0.717) is 18.2 Å². The van der Waals surface area contributed by atoms with Gasteiger partial charge in [-0.25, -0.2) is 4.68 Å². The Hall–Kier alpha value is -2.14. The molecule has 1 fully saturated rings. The van der Waals surface area contributed by atoms with Gasteiger partial charge in [-0.1, -0.05) is 18.9 Å². The van der Waals surface area contributed by atoms with Crippen LogP contribution in [0.1, 0.15) is 53.0 Å². The van der Waals surface area contributed by atoms with Crippen LogP contribution >= 0.6 is 0 Å². The van der Waals surface area contributed by atoms with Crippen molar-refractivity contribution in [2.75, 3.05) is 6.54 Å². The number of hydrogen-bond donors (Lipinski definition) is 2. The van der Waals surface area contributed by atoms with Gasteiger partial charge in [0.05, 0.1) is 5.69 Å². The molecule has 3 N–H and O–H groups in total. The molecule has 1 saturated carbocycles. The summed E-state index contributed by atoms with van der Waals surface area (Å²) in [5, 5.41) is 7.54. The van der Waals surface area contributed by atoms with Crippen LogP contribution in [0.4, 0.5) is 0 Å². The maximum Gasteiger partial charge on any atom is 0.271 e. The Labute approximate surface area is 149 Å². The number of nitrogens with two attached hydrogens (primary N) is 1. The first-order chi connectivity index (χ1) is 11.9. The zero-order valence-electron chi connectivity index (χ0n) is 15.4. The largest absolute Gasteiger partial charge is 0.350 e. The van der Waals surface area contributed by atoms with Crippen LogP contribution in [0.2, 0.25) is 0 Å². The van der Waals surface area contributed by atoms with Gasteiger partial charge in [-0.3, -0.25) is 4.79 Å². The number of aromatic nitrogens is 2. The normalized spacial score (nSPS) is 20.5. The first-order valence-corrected chi connectivity index (χ1v) is 9.13. The maximum atomic E-state index is 12.5. The lowest BCUT2D eigenvalue weighted by Crippen LogP contribution is -2.41. The van der Waals surface area contributed by atoms with Gasteiger partial charge in [-0.2, -0.15) is 5.10 Å². The highest BCUT2D eigenvalue weighted by Gasteiger charge is 2.23. The molecule has 5 nitrogen and oxygen atoms in total. The fourth-order valence-electron chi connectivity index (χ4n) is 3.72. The molecule has 0 aliphatic heterocycles. The number of nitrogens with one attached hydrogen (secondary N) is 1. The molecule has 0 radical (unpaired) electrons. The van der Waals surface area contributed by atoms with E-state index in [-0.39, 0.29) is 11.9 Å². The molecular weight excluding hydrogens is 312 g/mol. The summed E-state index contributed by atoms with van der Waals surface area (Å²) in [6, 6.07) is 8.33. The summed E-state index contributed by atoms with van der Waals surface area (Å²) in [5.41, 5.74) is 10.9. The van der Waals surface area contributed by atoms with Crippen molar-refractivity contribution in [3.63, 3.8) is 0 Å². The molecule has 1 aliphatic rings. The van der Waals surface area contributed by atoms with Gasteiger partial charge < -0.3 is 11.1 Å². The van der Waals surface area contributed by atoms with Crippen LogP contribution in [0, 0.1) is 26.7 Å². The summed E-state index contributed by atoms with van der Waals surface area (Å²) < 4.78 is 1.83. The van der Waals surface area contributed by atoms with E-state index in [0.717, 1.165) is 24.2 Å². The van der Waals surface area contributed by atoms with Crippen molar-refractivity contribution in [1.29, 1.82) is 0 Å². The number of rotatable bonds is 4. The van der Waals surface area contributed by atoms with Crippen LogP contribution in [0.5, 0.6) is 0 Å². The second-order valence-corrected chi connectivity index (χ2v) is 7.35. The molecule has 1 heterocycles. The van der Waals surface area contributed by atoms with E-state index >= 15 is 0 Å². The average molecular weight is 340 g/mol. The predicted molar refractivity (Wildman–Crippen MR) is 100 cm³/mol. The summed E-state index contributed by atoms with van der Waals surface area (Å²) in [6.07, 6.45) is 4.55. The topological polar surface area (TPSA) is 72.9 Å². The van der Waals surface area contributed by atoms with E-state index in [1.54, 1.807) is 0 Å². The predicted octanol–water partition coefficient (Wildman–Crippen LogP) is 3.04. The molecule has 1 aromatic heterocycles. The number of carbonyl (C=O) groups excluding carboxylic acids is 1. The molecule has 0 bridgehead atoms. The second kappa shape index (κ2) is 7.40. The zero-order valence-corrected chi connectivity index (χ0v) is 15.4. The summed E-state index contributed by atoms with van der Waals surface area (Å²) in [7, 11) is 0. The van der Waals surface area contributed by atoms with Gasteiger partial charge >= 0.3 is 0 Å². The van der Waals surface area contributed by atoms with E-state index in [1.807, 2.05) is 17.7 Å². The Balaban J connectivity index is 1.72. The van der Waals surface area contributed by atoms with E-state index in [4.69, 9.17) is 5.73 Å². The number of benzene rings is 1. The minimum absolute atomic E-state index is 0.121. The standard InChI is InChI=1S/C20H28N4O/c1-13-8-14(2)10-17(9-13)24-15(3)11-19(23-24)20(25)22-12-16-6-4-5-7-18(16)21/h8-11,16,18H,4-7,12,21H2,1-3H3,(H,22,25). The van der Waals surface area contributed by atoms with Gasteiger partial charge in [-0.05, 0) is 68.9 Å². The van der Waals surface area contributed by atoms with Crippen LogP contribution in [-0.2, 0) is 0 Å². The molecule has 0 saturated heterocycles. The monoisotopic (exact) mass is 340 g/mol. The Morgan fingerprint density at radius 2 is 1.84 bits per heavy atom. The molecule has 3 rings (SSSR count). The van der Waals surface area contributed by atoms with Crippen LogP contribution in [-0.4, -0.2) is 28.3 Å². The molecule has 2 unspecified atom stereocenters. The molecule has 134 valence electrons. The van der Waals surface area contributed by atoms with Gasteiger partial charge in [0.1, 0.15) is 0 Å². The Morgan fingerprint density at radius 3 is 2.52 bits per heavy atom. The minimum atomic E-state index is -0.121. The summed E-state index contributed by atoms with van der Waals surface area (Å²) in [5.74, 6) is 0.254. The number of amides is 1. The van der Waals surface area contributed by atoms with Gasteiger partial charge in [0.15, 0.2) is 5.69 Å². The van der Waals surface area contributed by atoms with Crippen LogP contribution in [0.25, 0.3) is 5.69 Å². The smallest absolute Gasteiger partial charge is 0.271 e. The molecule has 2 aromatic rings. The van der Waals surface area contributed by atoms with Gasteiger partial charge in [0, 0.05) is 18.3 Å². The fourth-order valence-corrected chi connectivity index (χ4v) is 3.72. The van der Waals surface area contributed by atoms with E-state index in [9.17, 15) is 4.79 Å². The highest BCUT2D eigenvalue weighted by molar-refractivity contribution is 5.92. The number of carbonyl (C=O) groups is 1. The lowest BCUT2D eigenvalue weighted by molar-refractivity contribution is 0.0936. The Bertz CT molecular complexity index is 745. The minimum Gasteiger partial charge on any atom is -0.350 e. The van der Waals surface area contributed by atoms with Crippen molar-refractivity contribution in [3.8, 4) is 5.69 Å². The SMILES string of the molecule is Cc1cc(C)cc(-n2nc(C(=O)NCC3CCCCC3N)cc2C)c1. The quantitative estimate of drug-likeness (QED) is 0.898. The summed E-state index contributed by atoms with van der Waals surface area (Å²) >= 11 is 0. The number of hydrogen-bond acceptors (Lipinski definition) is 3. The highest BCUT2D eigenvalue weighted by atomic mass is 16.1. The van der Waals surface area contributed by atoms with Crippen molar-refractivity contribution in [3.05, 3.63) is 46.8 Å². The molecule has 1 aromatic carbocycles. The first kappa shape index (κ1) is 17.7. The van der Waals surface area contributed by atoms with Crippen molar-refractivity contribution in [2.24, 2.45) is 11.7 Å². The average Bonchev–Trinajstić information content (AvgIpc) is 2.95. The Morgan fingerprint density at radius 1 is 1.16 bits per heavy atom. The molecule has 2 atom stereocenters. The lowest BCUT2D eigenvalue weighted by Gasteiger charge is -2.28. The van der Waals surface area contributed by atoms with Crippen molar-refractivity contribution < 1.29 is 4.79 Å². The van der Waals surface area contributed by atoms with E-state index < -0.39 is 0 Å². The fraction of sp³-hybridized carbons (Fsp3) is 0.500. The van der Waals surface area contributed by atoms with Crippen LogP contribution in [0.3, 0.4) is 0 Å². The Kier molecular flexibility index (Phi) is 5.23. The van der Waals surface area contributed by atoms with Crippen LogP contribution < -0.4 is 11.1 Å². The lowest BCUT2D eigenvalue weighted by atomic mass is 9.85. The third-order valence-corrected chi connectivity index (χ3v) is 5.06. The highest BCUT2D eigenvalue weighted by Crippen LogP contribution is 2.22. The third kappa shape index (κ3) is 4.10. The number of aryl methyl sites for hydroxylation is 3. The van der Waals surface area contributed by atoms with Gasteiger partial charge in [0.25, 0.3) is 5.91 Å². The maximum absolute atomic E-state index is 12.5. The van der Waals surface area contributed by atoms with Crippen molar-refractivity contribution in [2.45, 2.75) is 52.5 Å². The van der Waals surface area contributed by atoms with Gasteiger partial charge in [-0.15, -0.1) is 0 Å². The van der Waals surface area contributed by atoms with Crippen molar-refractivity contribution >= 4 is 5.91 Å². The first-order valence-electron chi connectivity index (χ1n) is 9.13. The molecule has 5 heteroatoms. The molecule has 0 spiro atoms. The molecule has 1 aliphatic carbocycles. The number of nitrogens with zero attached hydrogens (tertiary/aromatic N) is 2. The molecular formula is C20H28N4O. The van der Waals surface area contributed by atoms with Crippen molar-refractivity contribution in [1.82, 2.24) is 15.1 Å². The van der Waals surface area contributed by atoms with Crippen LogP contribution in [0.15, 0.2) is 24.3 Å². The second-order valence-electron chi connectivity index (χ2n) is 7.35. The summed E-state index contributed by atoms with van der Waals surface area (Å²) in [6.45, 7) is 6.74. The summed E-state index contributed by atoms with van der Waals surface area (Å²) in [4.78, 5) is 12.5. The van der Waals surface area contributed by atoms with E-state index in [2.05, 4.69) is 42.5 Å². The third-order valence-electron chi connectivity index (χ3n) is 5.06.